The number of hydrogen-bond acceptors (Lipinski definition) is 5. The molecule has 0 saturated carbocycles. The lowest BCUT2D eigenvalue weighted by Crippen LogP contribution is -2.29. The highest BCUT2D eigenvalue weighted by molar-refractivity contribution is 7.13. The second kappa shape index (κ2) is 7.28. The summed E-state index contributed by atoms with van der Waals surface area (Å²) < 4.78 is 1.98. The van der Waals surface area contributed by atoms with Gasteiger partial charge in [-0.05, 0) is 30.5 Å². The van der Waals surface area contributed by atoms with Crippen LogP contribution >= 0.6 is 11.3 Å². The average Bonchev–Trinajstić information content (AvgIpc) is 3.53. The van der Waals surface area contributed by atoms with Gasteiger partial charge in [0.1, 0.15) is 16.5 Å². The smallest absolute Gasteiger partial charge is 0.269 e. The third-order valence-electron chi connectivity index (χ3n) is 5.55. The second-order valence-electron chi connectivity index (χ2n) is 7.57. The van der Waals surface area contributed by atoms with Gasteiger partial charge in [0.05, 0.1) is 5.71 Å². The minimum Gasteiger partial charge on any atom is -0.351 e. The van der Waals surface area contributed by atoms with E-state index >= 15 is 0 Å². The lowest BCUT2D eigenvalue weighted by molar-refractivity contribution is 0.0932. The van der Waals surface area contributed by atoms with Gasteiger partial charge in [0.2, 0.25) is 0 Å². The number of carbonyl (C=O) groups is 1. The number of rotatable bonds is 3. The van der Waals surface area contributed by atoms with E-state index in [4.69, 9.17) is 4.99 Å². The van der Waals surface area contributed by atoms with Crippen LogP contribution in [-0.2, 0) is 0 Å². The Labute approximate surface area is 187 Å². The second-order valence-corrected chi connectivity index (χ2v) is 8.46. The van der Waals surface area contributed by atoms with Gasteiger partial charge in [-0.25, -0.2) is 0 Å². The first kappa shape index (κ1) is 18.7. The van der Waals surface area contributed by atoms with Crippen molar-refractivity contribution >= 4 is 33.9 Å². The Morgan fingerprint density at radius 2 is 1.88 bits per heavy atom. The fourth-order valence-electron chi connectivity index (χ4n) is 4.04. The molecule has 2 N–H and O–H groups in total. The van der Waals surface area contributed by atoms with Crippen molar-refractivity contribution in [2.45, 2.75) is 13.1 Å². The molecule has 0 spiro atoms. The molecule has 1 amide bonds. The van der Waals surface area contributed by atoms with Crippen LogP contribution in [0.1, 0.15) is 39.4 Å². The standard InChI is InChI=1S/C24H18N6OS/c1-14-28-29-22-21(27-23(31)19-13-16-9-5-6-10-18(16)25-19)26-20(15-7-3-2-4-8-15)17-11-12-32-24(17)30(14)22/h2-13,21,25H,1H3,(H,27,31). The van der Waals surface area contributed by atoms with Crippen molar-refractivity contribution < 1.29 is 4.79 Å². The number of nitrogens with zero attached hydrogens (tertiary/aromatic N) is 4. The number of hydrogen-bond donors (Lipinski definition) is 2. The highest BCUT2D eigenvalue weighted by Gasteiger charge is 2.30. The Hall–Kier alpha value is -4.04. The lowest BCUT2D eigenvalue weighted by Gasteiger charge is -2.14. The van der Waals surface area contributed by atoms with Gasteiger partial charge in [-0.15, -0.1) is 21.5 Å². The van der Waals surface area contributed by atoms with Gasteiger partial charge in [-0.1, -0.05) is 48.5 Å². The Morgan fingerprint density at radius 3 is 2.72 bits per heavy atom. The zero-order valence-corrected chi connectivity index (χ0v) is 17.9. The third kappa shape index (κ3) is 2.96. The molecule has 8 heteroatoms. The van der Waals surface area contributed by atoms with E-state index in [-0.39, 0.29) is 5.91 Å². The quantitative estimate of drug-likeness (QED) is 0.438. The maximum absolute atomic E-state index is 13.2. The molecule has 7 nitrogen and oxygen atoms in total. The summed E-state index contributed by atoms with van der Waals surface area (Å²) in [5.74, 6) is 1.08. The van der Waals surface area contributed by atoms with Crippen molar-refractivity contribution in [3.05, 3.63) is 101 Å². The van der Waals surface area contributed by atoms with E-state index in [2.05, 4.69) is 26.6 Å². The van der Waals surface area contributed by atoms with E-state index in [9.17, 15) is 4.79 Å². The van der Waals surface area contributed by atoms with Crippen LogP contribution < -0.4 is 5.32 Å². The van der Waals surface area contributed by atoms with Crippen LogP contribution in [0.3, 0.4) is 0 Å². The number of nitrogens with one attached hydrogen (secondary N) is 2. The first-order chi connectivity index (χ1) is 15.7. The zero-order valence-electron chi connectivity index (χ0n) is 17.1. The molecular formula is C24H18N6OS. The van der Waals surface area contributed by atoms with E-state index in [0.717, 1.165) is 38.6 Å². The molecule has 6 rings (SSSR count). The molecule has 1 aliphatic heterocycles. The van der Waals surface area contributed by atoms with E-state index < -0.39 is 6.17 Å². The highest BCUT2D eigenvalue weighted by Crippen LogP contribution is 2.33. The third-order valence-corrected chi connectivity index (χ3v) is 6.44. The fraction of sp³-hybridized carbons (Fsp3) is 0.0833. The van der Waals surface area contributed by atoms with Crippen molar-refractivity contribution in [3.63, 3.8) is 0 Å². The number of amides is 1. The number of thiophene rings is 1. The van der Waals surface area contributed by atoms with E-state index in [1.807, 2.05) is 77.5 Å². The van der Waals surface area contributed by atoms with Crippen molar-refractivity contribution in [2.75, 3.05) is 0 Å². The highest BCUT2D eigenvalue weighted by atomic mass is 32.1. The van der Waals surface area contributed by atoms with E-state index in [1.165, 1.54) is 0 Å². The SMILES string of the molecule is Cc1nnc2n1-c1sccc1C(c1ccccc1)=NC2NC(=O)c1cc2ccccc2[nH]1. The first-order valence-electron chi connectivity index (χ1n) is 10.2. The normalized spacial score (nSPS) is 15.0. The van der Waals surface area contributed by atoms with E-state index in [0.29, 0.717) is 11.5 Å². The molecular weight excluding hydrogens is 420 g/mol. The monoisotopic (exact) mass is 438 g/mol. The van der Waals surface area contributed by atoms with Gasteiger partial charge in [-0.2, -0.15) is 0 Å². The van der Waals surface area contributed by atoms with Crippen molar-refractivity contribution in [3.8, 4) is 5.00 Å². The van der Waals surface area contributed by atoms with Crippen molar-refractivity contribution in [1.82, 2.24) is 25.1 Å². The summed E-state index contributed by atoms with van der Waals surface area (Å²) in [4.78, 5) is 21.4. The molecule has 0 bridgehead atoms. The molecule has 32 heavy (non-hydrogen) atoms. The summed E-state index contributed by atoms with van der Waals surface area (Å²) in [6.45, 7) is 1.91. The molecule has 0 radical (unpaired) electrons. The largest absolute Gasteiger partial charge is 0.351 e. The maximum atomic E-state index is 13.2. The van der Waals surface area contributed by atoms with Gasteiger partial charge in [0.15, 0.2) is 12.0 Å². The van der Waals surface area contributed by atoms with E-state index in [1.54, 1.807) is 11.3 Å². The average molecular weight is 439 g/mol. The van der Waals surface area contributed by atoms with Crippen molar-refractivity contribution in [1.29, 1.82) is 0 Å². The predicted molar refractivity (Wildman–Crippen MR) is 125 cm³/mol. The number of fused-ring (bicyclic) bond motifs is 4. The van der Waals surface area contributed by atoms with Gasteiger partial charge >= 0.3 is 0 Å². The Kier molecular flexibility index (Phi) is 4.26. The number of benzene rings is 2. The molecule has 156 valence electrons. The minimum absolute atomic E-state index is 0.250. The topological polar surface area (TPSA) is 88.0 Å². The number of aliphatic imine (C=N–C) groups is 1. The first-order valence-corrected chi connectivity index (χ1v) is 11.1. The minimum atomic E-state index is -0.690. The molecule has 1 atom stereocenters. The van der Waals surface area contributed by atoms with Crippen LogP contribution in [-0.4, -0.2) is 31.4 Å². The molecule has 1 aliphatic rings. The van der Waals surface area contributed by atoms with Crippen LogP contribution in [0.25, 0.3) is 15.9 Å². The summed E-state index contributed by atoms with van der Waals surface area (Å²) in [5, 5.41) is 15.7. The number of para-hydroxylation sites is 1. The number of aromatic nitrogens is 4. The van der Waals surface area contributed by atoms with Gasteiger partial charge in [0.25, 0.3) is 5.91 Å². The molecule has 2 aromatic carbocycles. The van der Waals surface area contributed by atoms with Gasteiger partial charge in [-0.3, -0.25) is 14.4 Å². The maximum Gasteiger partial charge on any atom is 0.269 e. The van der Waals surface area contributed by atoms with Crippen molar-refractivity contribution in [2.24, 2.45) is 4.99 Å². The van der Waals surface area contributed by atoms with Crippen LogP contribution in [0, 0.1) is 6.92 Å². The van der Waals surface area contributed by atoms with Crippen LogP contribution in [0.15, 0.2) is 77.1 Å². The van der Waals surface area contributed by atoms with Gasteiger partial charge < -0.3 is 10.3 Å². The predicted octanol–water partition coefficient (Wildman–Crippen LogP) is 4.40. The summed E-state index contributed by atoms with van der Waals surface area (Å²) in [7, 11) is 0. The summed E-state index contributed by atoms with van der Waals surface area (Å²) in [5.41, 5.74) is 4.17. The fourth-order valence-corrected chi connectivity index (χ4v) is 4.99. The Morgan fingerprint density at radius 1 is 1.06 bits per heavy atom. The number of carbonyl (C=O) groups excluding carboxylic acids is 1. The van der Waals surface area contributed by atoms with Crippen LogP contribution in [0.2, 0.25) is 0 Å². The molecule has 4 heterocycles. The lowest BCUT2D eigenvalue weighted by atomic mass is 10.0. The Bertz CT molecular complexity index is 1460. The van der Waals surface area contributed by atoms with Gasteiger partial charge in [0, 0.05) is 22.0 Å². The molecule has 0 fully saturated rings. The molecule has 5 aromatic rings. The number of aryl methyl sites for hydroxylation is 1. The molecule has 0 saturated heterocycles. The summed E-state index contributed by atoms with van der Waals surface area (Å²) in [6, 6.07) is 21.7. The molecule has 0 aliphatic carbocycles. The number of aromatic amines is 1. The summed E-state index contributed by atoms with van der Waals surface area (Å²) >= 11 is 1.60. The molecule has 3 aromatic heterocycles. The summed E-state index contributed by atoms with van der Waals surface area (Å²) in [6.07, 6.45) is -0.690. The van der Waals surface area contributed by atoms with Crippen LogP contribution in [0.5, 0.6) is 0 Å². The number of H-pyrrole nitrogens is 1. The Balaban J connectivity index is 1.47. The molecule has 1 unspecified atom stereocenters. The zero-order chi connectivity index (χ0) is 21.7. The van der Waals surface area contributed by atoms with Crippen LogP contribution in [0.4, 0.5) is 0 Å².